The van der Waals surface area contributed by atoms with Crippen LogP contribution in [0.4, 0.5) is 8.78 Å². The largest absolute Gasteiger partial charge is 0.493 e. The van der Waals surface area contributed by atoms with Crippen molar-refractivity contribution in [3.8, 4) is 5.75 Å². The second-order valence-corrected chi connectivity index (χ2v) is 16.0. The number of Topliss-reactive ketones (excluding diaryl/α,β-unsaturated/α-hetero) is 1. The molecule has 3 unspecified atom stereocenters. The molecule has 1 aromatic rings. The van der Waals surface area contributed by atoms with Gasteiger partial charge in [-0.2, -0.15) is 0 Å². The zero-order valence-corrected chi connectivity index (χ0v) is 39.5. The summed E-state index contributed by atoms with van der Waals surface area (Å²) in [6.45, 7) is 33.8. The number of likely N-dealkylation sites (tertiary alicyclic amines) is 1. The third-order valence-corrected chi connectivity index (χ3v) is 9.81. The third kappa shape index (κ3) is 18.8. The Balaban J connectivity index is 0.00000133. The summed E-state index contributed by atoms with van der Waals surface area (Å²) in [7, 11) is 0. The molecule has 0 aromatic heterocycles. The van der Waals surface area contributed by atoms with Crippen LogP contribution < -0.4 is 10.5 Å². The van der Waals surface area contributed by atoms with Gasteiger partial charge in [0.2, 0.25) is 5.91 Å². The number of alkyl halides is 2. The van der Waals surface area contributed by atoms with E-state index in [0.717, 1.165) is 79.5 Å². The minimum absolute atomic E-state index is 0.0207. The number of ether oxygens (including phenoxy) is 1. The number of piperidine rings is 1. The normalized spacial score (nSPS) is 19.0. The molecule has 9 heteroatoms. The molecular formula is C50H80F2N4O3. The molecule has 59 heavy (non-hydrogen) atoms. The Morgan fingerprint density at radius 2 is 1.71 bits per heavy atom. The zero-order chi connectivity index (χ0) is 45.5. The van der Waals surface area contributed by atoms with E-state index in [-0.39, 0.29) is 35.0 Å². The zero-order valence-electron chi connectivity index (χ0n) is 39.5. The van der Waals surface area contributed by atoms with E-state index in [1.54, 1.807) is 25.3 Å². The summed E-state index contributed by atoms with van der Waals surface area (Å²) >= 11 is 0. The summed E-state index contributed by atoms with van der Waals surface area (Å²) in [6, 6.07) is 5.83. The van der Waals surface area contributed by atoms with E-state index >= 15 is 0 Å². The van der Waals surface area contributed by atoms with Crippen molar-refractivity contribution in [2.24, 2.45) is 39.4 Å². The molecule has 332 valence electrons. The molecule has 3 atom stereocenters. The van der Waals surface area contributed by atoms with Crippen LogP contribution in [0.5, 0.6) is 5.75 Å². The number of aliphatic imine (C=N–C) groups is 2. The first-order chi connectivity index (χ1) is 27.8. The molecule has 3 rings (SSSR count). The lowest BCUT2D eigenvalue weighted by Crippen LogP contribution is -2.48. The van der Waals surface area contributed by atoms with Crippen molar-refractivity contribution in [1.29, 1.82) is 0 Å². The van der Waals surface area contributed by atoms with Crippen LogP contribution >= 0.6 is 0 Å². The van der Waals surface area contributed by atoms with Crippen molar-refractivity contribution in [2.45, 2.75) is 161 Å². The highest BCUT2D eigenvalue weighted by atomic mass is 19.3. The molecule has 0 spiro atoms. The van der Waals surface area contributed by atoms with Gasteiger partial charge in [-0.05, 0) is 89.2 Å². The van der Waals surface area contributed by atoms with Crippen LogP contribution in [0.15, 0.2) is 82.0 Å². The van der Waals surface area contributed by atoms with E-state index in [0.29, 0.717) is 42.8 Å². The summed E-state index contributed by atoms with van der Waals surface area (Å²) < 4.78 is 32.4. The van der Waals surface area contributed by atoms with Gasteiger partial charge in [-0.15, -0.1) is 0 Å². The van der Waals surface area contributed by atoms with Crippen LogP contribution in [0.1, 0.15) is 165 Å². The average molecular weight is 823 g/mol. The van der Waals surface area contributed by atoms with Crippen molar-refractivity contribution in [1.82, 2.24) is 4.90 Å². The molecule has 1 aromatic carbocycles. The second-order valence-electron chi connectivity index (χ2n) is 16.0. The lowest BCUT2D eigenvalue weighted by atomic mass is 9.85. The molecule has 1 fully saturated rings. The number of carbonyl (C=O) groups is 2. The fraction of sp³-hybridized carbons (Fsp3) is 0.600. The molecule has 2 aliphatic rings. The summed E-state index contributed by atoms with van der Waals surface area (Å²) in [5, 5.41) is 0. The van der Waals surface area contributed by atoms with Crippen LogP contribution in [0.2, 0.25) is 0 Å². The highest BCUT2D eigenvalue weighted by molar-refractivity contribution is 6.08. The lowest BCUT2D eigenvalue weighted by molar-refractivity contribution is -0.135. The van der Waals surface area contributed by atoms with Gasteiger partial charge in [0.15, 0.2) is 5.78 Å². The number of rotatable bonds is 14. The molecule has 2 heterocycles. The van der Waals surface area contributed by atoms with Gasteiger partial charge in [-0.3, -0.25) is 14.6 Å². The van der Waals surface area contributed by atoms with Gasteiger partial charge in [0, 0.05) is 66.0 Å². The van der Waals surface area contributed by atoms with Crippen molar-refractivity contribution in [3.05, 3.63) is 83.1 Å². The fourth-order valence-electron chi connectivity index (χ4n) is 6.48. The summed E-state index contributed by atoms with van der Waals surface area (Å²) in [4.78, 5) is 36.8. The van der Waals surface area contributed by atoms with Crippen molar-refractivity contribution in [2.75, 3.05) is 13.2 Å². The number of allylic oxidation sites excluding steroid dienone is 6. The van der Waals surface area contributed by atoms with Crippen LogP contribution in [0, 0.1) is 23.7 Å². The molecule has 0 aliphatic carbocycles. The van der Waals surface area contributed by atoms with E-state index in [2.05, 4.69) is 51.1 Å². The Morgan fingerprint density at radius 3 is 2.20 bits per heavy atom. The third-order valence-electron chi connectivity index (χ3n) is 9.81. The van der Waals surface area contributed by atoms with E-state index in [1.807, 2.05) is 73.6 Å². The summed E-state index contributed by atoms with van der Waals surface area (Å²) in [5.74, 6) is -0.235. The first kappa shape index (κ1) is 54.9. The molecule has 2 N–H and O–H groups in total. The monoisotopic (exact) mass is 823 g/mol. The highest BCUT2D eigenvalue weighted by Gasteiger charge is 2.34. The maximum Gasteiger partial charge on any atom is 0.270 e. The van der Waals surface area contributed by atoms with Gasteiger partial charge >= 0.3 is 0 Å². The molecule has 1 saturated heterocycles. The number of benzene rings is 1. The number of amides is 1. The topological polar surface area (TPSA) is 97.3 Å². The van der Waals surface area contributed by atoms with E-state index < -0.39 is 5.92 Å². The molecule has 0 radical (unpaired) electrons. The number of nitrogens with two attached hydrogens (primary N) is 1. The number of amidine groups is 1. The maximum atomic E-state index is 13.2. The van der Waals surface area contributed by atoms with Gasteiger partial charge < -0.3 is 15.4 Å². The Labute approximate surface area is 358 Å². The highest BCUT2D eigenvalue weighted by Crippen LogP contribution is 2.39. The quantitative estimate of drug-likeness (QED) is 0.0874. The molecular weight excluding hydrogens is 743 g/mol. The molecule has 0 bridgehead atoms. The van der Waals surface area contributed by atoms with Crippen molar-refractivity contribution >= 4 is 28.9 Å². The summed E-state index contributed by atoms with van der Waals surface area (Å²) in [5.41, 5.74) is 11.5. The first-order valence-corrected chi connectivity index (χ1v) is 22.1. The molecule has 1 amide bonds. The predicted octanol–water partition coefficient (Wildman–Crippen LogP) is 13.6. The van der Waals surface area contributed by atoms with Crippen molar-refractivity contribution in [3.63, 3.8) is 0 Å². The number of halogens is 2. The number of carbonyl (C=O) groups excluding carboxylic acids is 2. The number of nitrogens with zero attached hydrogens (tertiary/aromatic N) is 3. The minimum Gasteiger partial charge on any atom is -0.493 e. The Kier molecular flexibility index (Phi) is 26.4. The van der Waals surface area contributed by atoms with Crippen LogP contribution in [0.25, 0.3) is 5.70 Å². The van der Waals surface area contributed by atoms with Crippen LogP contribution in [-0.4, -0.2) is 53.3 Å². The Bertz CT molecular complexity index is 1660. The Morgan fingerprint density at radius 1 is 1.08 bits per heavy atom. The number of hydrogen-bond donors (Lipinski definition) is 1. The van der Waals surface area contributed by atoms with Gasteiger partial charge in [0.1, 0.15) is 11.6 Å². The Hall–Kier alpha value is -4.14. The smallest absolute Gasteiger partial charge is 0.270 e. The first-order valence-electron chi connectivity index (χ1n) is 22.1. The van der Waals surface area contributed by atoms with Crippen LogP contribution in [0.3, 0.4) is 0 Å². The standard InChI is InChI=1S/C31H44N4O3.C13H20F2.C4H10.C2H6/c1-7-17-33-31(32)29-20(5)11-16-26(23-12-14-24(8-2)35(19-23)28(37)9-3)34-30(29)25-15-13-22(21(6)36)18-27(25)38-10-4;1-6-7-8-12(13(5,14)15)9-11(4)10(2)3;1-4(2)3;1-2/h7,13,15,17-18,20,23-24H,8-12,14,16,19H2,1-6H3,(H2,32,33);7-10H,4,6H2,1-3,5H3;4H,1-3H3;1-2H3/b17-7-;8-7-,12-9+;;. The SMILES string of the molecule is C/C=C\N=C(N)C1=C(c2ccc(C(C)=O)cc2OCC)N=C(C2CCC(CC)N(C(=O)CC)C2)CCC1C.C=C(/C=C(\C=C/CC)C(C)(F)F)C(C)C.CC.CC(C)C. The second kappa shape index (κ2) is 28.3. The number of hydrogen-bond acceptors (Lipinski definition) is 5. The van der Waals surface area contributed by atoms with Gasteiger partial charge in [-0.25, -0.2) is 13.8 Å². The maximum absolute atomic E-state index is 13.2. The van der Waals surface area contributed by atoms with Crippen molar-refractivity contribution < 1.29 is 23.1 Å². The molecule has 0 saturated carbocycles. The average Bonchev–Trinajstić information content (AvgIpc) is 3.36. The fourth-order valence-corrected chi connectivity index (χ4v) is 6.48. The minimum atomic E-state index is -2.80. The van der Waals surface area contributed by atoms with Gasteiger partial charge in [0.25, 0.3) is 5.92 Å². The summed E-state index contributed by atoms with van der Waals surface area (Å²) in [6.07, 6.45) is 14.2. The van der Waals surface area contributed by atoms with E-state index in [9.17, 15) is 18.4 Å². The number of ketones is 1. The molecule has 2 aliphatic heterocycles. The van der Waals surface area contributed by atoms with Gasteiger partial charge in [0.05, 0.1) is 12.3 Å². The predicted molar refractivity (Wildman–Crippen MR) is 250 cm³/mol. The van der Waals surface area contributed by atoms with Crippen LogP contribution in [-0.2, 0) is 4.79 Å². The van der Waals surface area contributed by atoms with Gasteiger partial charge in [-0.1, -0.05) is 119 Å². The van der Waals surface area contributed by atoms with E-state index in [4.69, 9.17) is 15.5 Å². The lowest BCUT2D eigenvalue weighted by Gasteiger charge is -2.40. The van der Waals surface area contributed by atoms with E-state index in [1.165, 1.54) is 12.2 Å². The molecule has 7 nitrogen and oxygen atoms in total.